The minimum atomic E-state index is -0.0354. The lowest BCUT2D eigenvalue weighted by molar-refractivity contribution is 0.0674. The van der Waals surface area contributed by atoms with Crippen molar-refractivity contribution in [2.24, 2.45) is 5.92 Å². The summed E-state index contributed by atoms with van der Waals surface area (Å²) in [6.45, 7) is 3.29. The molecule has 4 nitrogen and oxygen atoms in total. The molecule has 0 spiro atoms. The fourth-order valence-corrected chi connectivity index (χ4v) is 3.38. The van der Waals surface area contributed by atoms with E-state index in [1.807, 2.05) is 30.0 Å². The number of amides is 1. The van der Waals surface area contributed by atoms with Crippen LogP contribution < -0.4 is 0 Å². The largest absolute Gasteiger partial charge is 0.333 e. The first-order valence-electron chi connectivity index (χ1n) is 7.78. The fraction of sp³-hybridized carbons (Fsp3) is 0.412. The highest BCUT2D eigenvalue weighted by Crippen LogP contribution is 2.29. The molecular weight excluding hydrogens is 378 g/mol. The van der Waals surface area contributed by atoms with Crippen molar-refractivity contribution in [2.75, 3.05) is 6.54 Å². The van der Waals surface area contributed by atoms with Gasteiger partial charge in [-0.15, -0.1) is 0 Å². The first-order chi connectivity index (χ1) is 11.0. The lowest BCUT2D eigenvalue weighted by Gasteiger charge is -2.32. The Hall–Kier alpha value is -1.33. The molecule has 1 aromatic heterocycles. The Balaban J connectivity index is 1.81. The summed E-state index contributed by atoms with van der Waals surface area (Å²) in [5.74, 6) is 0.557. The van der Waals surface area contributed by atoms with Crippen LogP contribution in [0.4, 0.5) is 0 Å². The third kappa shape index (κ3) is 3.96. The fourth-order valence-electron chi connectivity index (χ4n) is 2.77. The highest BCUT2D eigenvalue weighted by molar-refractivity contribution is 9.10. The maximum atomic E-state index is 12.8. The van der Waals surface area contributed by atoms with Crippen molar-refractivity contribution in [1.29, 1.82) is 0 Å². The van der Waals surface area contributed by atoms with Gasteiger partial charge in [-0.1, -0.05) is 30.2 Å². The van der Waals surface area contributed by atoms with E-state index in [9.17, 15) is 4.79 Å². The molecule has 1 fully saturated rings. The maximum absolute atomic E-state index is 12.8. The smallest absolute Gasteiger partial charge is 0.272 e. The topological polar surface area (TPSA) is 49.0 Å². The molecule has 3 rings (SSSR count). The summed E-state index contributed by atoms with van der Waals surface area (Å²) in [7, 11) is 0. The second-order valence-electron chi connectivity index (χ2n) is 6.18. The first-order valence-corrected chi connectivity index (χ1v) is 8.95. The third-order valence-corrected chi connectivity index (χ3v) is 5.10. The van der Waals surface area contributed by atoms with Crippen molar-refractivity contribution in [1.82, 2.24) is 15.1 Å². The van der Waals surface area contributed by atoms with Gasteiger partial charge in [0, 0.05) is 24.2 Å². The molecule has 2 aromatic rings. The lowest BCUT2D eigenvalue weighted by atomic mass is 9.85. The van der Waals surface area contributed by atoms with Gasteiger partial charge in [0.2, 0.25) is 0 Å². The Morgan fingerprint density at radius 1 is 1.43 bits per heavy atom. The van der Waals surface area contributed by atoms with Crippen LogP contribution in [-0.4, -0.2) is 27.5 Å². The molecule has 1 aliphatic carbocycles. The monoisotopic (exact) mass is 395 g/mol. The minimum absolute atomic E-state index is 0.0354. The van der Waals surface area contributed by atoms with Gasteiger partial charge in [0.25, 0.3) is 5.91 Å². The Morgan fingerprint density at radius 2 is 2.22 bits per heavy atom. The number of nitrogens with one attached hydrogen (secondary N) is 1. The molecule has 0 radical (unpaired) electrons. The number of H-pyrrole nitrogens is 1. The number of benzene rings is 1. The number of nitrogens with zero attached hydrogens (tertiary/aromatic N) is 2. The molecule has 0 bridgehead atoms. The van der Waals surface area contributed by atoms with Crippen molar-refractivity contribution in [2.45, 2.75) is 32.7 Å². The van der Waals surface area contributed by atoms with Crippen molar-refractivity contribution < 1.29 is 4.79 Å². The van der Waals surface area contributed by atoms with E-state index in [2.05, 4.69) is 26.1 Å². The molecule has 1 saturated carbocycles. The summed E-state index contributed by atoms with van der Waals surface area (Å²) in [4.78, 5) is 14.7. The molecule has 6 heteroatoms. The molecule has 0 atom stereocenters. The molecule has 23 heavy (non-hydrogen) atoms. The molecule has 1 heterocycles. The van der Waals surface area contributed by atoms with Crippen molar-refractivity contribution in [3.8, 4) is 0 Å². The second kappa shape index (κ2) is 7.05. The first kappa shape index (κ1) is 16.5. The van der Waals surface area contributed by atoms with Gasteiger partial charge >= 0.3 is 0 Å². The van der Waals surface area contributed by atoms with Crippen LogP contribution in [0.2, 0.25) is 5.02 Å². The summed E-state index contributed by atoms with van der Waals surface area (Å²) in [6.07, 6.45) is 3.64. The summed E-state index contributed by atoms with van der Waals surface area (Å²) in [6, 6.07) is 7.68. The van der Waals surface area contributed by atoms with E-state index in [0.717, 1.165) is 17.7 Å². The zero-order valence-electron chi connectivity index (χ0n) is 13.0. The van der Waals surface area contributed by atoms with Crippen LogP contribution >= 0.6 is 27.5 Å². The van der Waals surface area contributed by atoms with Crippen molar-refractivity contribution in [3.05, 3.63) is 50.7 Å². The van der Waals surface area contributed by atoms with Gasteiger partial charge in [-0.2, -0.15) is 5.10 Å². The van der Waals surface area contributed by atoms with Crippen LogP contribution in [0.1, 0.15) is 40.9 Å². The number of carbonyl (C=O) groups is 1. The van der Waals surface area contributed by atoms with Crippen LogP contribution in [-0.2, 0) is 6.54 Å². The van der Waals surface area contributed by atoms with E-state index >= 15 is 0 Å². The zero-order valence-corrected chi connectivity index (χ0v) is 15.3. The minimum Gasteiger partial charge on any atom is -0.333 e. The van der Waals surface area contributed by atoms with Gasteiger partial charge in [-0.05, 0) is 58.8 Å². The van der Waals surface area contributed by atoms with Crippen LogP contribution in [0, 0.1) is 12.8 Å². The number of aromatic amines is 1. The van der Waals surface area contributed by atoms with E-state index in [0.29, 0.717) is 27.8 Å². The standard InChI is InChI=1S/C17H19BrClN3O/c1-11-5-6-13(14(19)7-11)10-22(9-12-3-2-4-12)17(23)15-8-16(18)21-20-15/h5-8,12H,2-4,9-10H2,1H3,(H,20,21). The highest BCUT2D eigenvalue weighted by atomic mass is 79.9. The molecule has 1 N–H and O–H groups in total. The van der Waals surface area contributed by atoms with Crippen molar-refractivity contribution >= 4 is 33.4 Å². The van der Waals surface area contributed by atoms with Gasteiger partial charge in [-0.25, -0.2) is 0 Å². The number of aryl methyl sites for hydroxylation is 1. The number of carbonyl (C=O) groups excluding carboxylic acids is 1. The Kier molecular flexibility index (Phi) is 5.07. The summed E-state index contributed by atoms with van der Waals surface area (Å²) in [5.41, 5.74) is 2.59. The predicted molar refractivity (Wildman–Crippen MR) is 94.6 cm³/mol. The van der Waals surface area contributed by atoms with E-state index in [1.54, 1.807) is 6.07 Å². The molecule has 0 saturated heterocycles. The van der Waals surface area contributed by atoms with Gasteiger partial charge in [0.15, 0.2) is 0 Å². The maximum Gasteiger partial charge on any atom is 0.272 e. The molecule has 1 aliphatic rings. The molecular formula is C17H19BrClN3O. The number of hydrogen-bond acceptors (Lipinski definition) is 2. The summed E-state index contributed by atoms with van der Waals surface area (Å²) >= 11 is 9.62. The number of hydrogen-bond donors (Lipinski definition) is 1. The number of halogens is 2. The summed E-state index contributed by atoms with van der Waals surface area (Å²) in [5, 5.41) is 7.48. The second-order valence-corrected chi connectivity index (χ2v) is 7.40. The predicted octanol–water partition coefficient (Wildman–Crippen LogP) is 4.58. The number of aromatic nitrogens is 2. The zero-order chi connectivity index (χ0) is 16.4. The van der Waals surface area contributed by atoms with Gasteiger partial charge < -0.3 is 4.90 Å². The van der Waals surface area contributed by atoms with Crippen LogP contribution in [0.5, 0.6) is 0 Å². The van der Waals surface area contributed by atoms with E-state index in [1.165, 1.54) is 19.3 Å². The average molecular weight is 397 g/mol. The van der Waals surface area contributed by atoms with E-state index in [-0.39, 0.29) is 5.91 Å². The Labute approximate surface area is 149 Å². The van der Waals surface area contributed by atoms with Crippen LogP contribution in [0.25, 0.3) is 0 Å². The SMILES string of the molecule is Cc1ccc(CN(CC2CCC2)C(=O)c2cc(Br)n[nH]2)c(Cl)c1. The molecule has 0 unspecified atom stereocenters. The normalized spacial score (nSPS) is 14.6. The van der Waals surface area contributed by atoms with Crippen molar-refractivity contribution in [3.63, 3.8) is 0 Å². The van der Waals surface area contributed by atoms with Gasteiger partial charge in [0.1, 0.15) is 10.3 Å². The van der Waals surface area contributed by atoms with Gasteiger partial charge in [0.05, 0.1) is 0 Å². The average Bonchev–Trinajstić information content (AvgIpc) is 2.89. The molecule has 1 amide bonds. The molecule has 1 aromatic carbocycles. The van der Waals surface area contributed by atoms with Crippen LogP contribution in [0.3, 0.4) is 0 Å². The number of rotatable bonds is 5. The highest BCUT2D eigenvalue weighted by Gasteiger charge is 2.26. The molecule has 0 aliphatic heterocycles. The summed E-state index contributed by atoms with van der Waals surface area (Å²) < 4.78 is 0.637. The Morgan fingerprint density at radius 3 is 2.78 bits per heavy atom. The lowest BCUT2D eigenvalue weighted by Crippen LogP contribution is -2.37. The Bertz CT molecular complexity index is 712. The van der Waals surface area contributed by atoms with E-state index in [4.69, 9.17) is 11.6 Å². The quantitative estimate of drug-likeness (QED) is 0.804. The van der Waals surface area contributed by atoms with Crippen LogP contribution in [0.15, 0.2) is 28.9 Å². The van der Waals surface area contributed by atoms with Gasteiger partial charge in [-0.3, -0.25) is 9.89 Å². The van der Waals surface area contributed by atoms with E-state index < -0.39 is 0 Å². The third-order valence-electron chi connectivity index (χ3n) is 4.34. The molecule has 122 valence electrons.